The summed E-state index contributed by atoms with van der Waals surface area (Å²) in [5.41, 5.74) is -1.52. The first-order chi connectivity index (χ1) is 8.60. The third-order valence-corrected chi connectivity index (χ3v) is 1.89. The van der Waals surface area contributed by atoms with Crippen LogP contribution >= 0.6 is 0 Å². The second-order valence-corrected chi connectivity index (χ2v) is 4.87. The molecule has 0 saturated carbocycles. The standard InChI is InChI=1S/C11H16N4O4/c1-6-13-7(5-8(16)14-6)9(17)15(12)10(18)19-11(2,3)4/h5H,12H2,1-4H3,(H,13,14,16). The Morgan fingerprint density at radius 1 is 1.42 bits per heavy atom. The largest absolute Gasteiger partial charge is 0.442 e. The number of ether oxygens (including phenoxy) is 1. The van der Waals surface area contributed by atoms with Crippen molar-refractivity contribution < 1.29 is 14.3 Å². The molecule has 1 aromatic heterocycles. The van der Waals surface area contributed by atoms with E-state index in [0.29, 0.717) is 0 Å². The first-order valence-electron chi connectivity index (χ1n) is 5.50. The zero-order chi connectivity index (χ0) is 14.8. The van der Waals surface area contributed by atoms with Gasteiger partial charge in [-0.3, -0.25) is 9.59 Å². The second kappa shape index (κ2) is 5.19. The maximum Gasteiger partial charge on any atom is 0.432 e. The molecule has 8 heteroatoms. The number of H-pyrrole nitrogens is 1. The van der Waals surface area contributed by atoms with Gasteiger partial charge < -0.3 is 9.72 Å². The smallest absolute Gasteiger partial charge is 0.432 e. The summed E-state index contributed by atoms with van der Waals surface area (Å²) in [6.07, 6.45) is -1.02. The van der Waals surface area contributed by atoms with E-state index in [0.717, 1.165) is 6.07 Å². The lowest BCUT2D eigenvalue weighted by Gasteiger charge is -2.22. The number of imide groups is 1. The highest BCUT2D eigenvalue weighted by atomic mass is 16.6. The normalized spacial score (nSPS) is 11.0. The number of hydrogen-bond acceptors (Lipinski definition) is 6. The van der Waals surface area contributed by atoms with Crippen molar-refractivity contribution in [3.63, 3.8) is 0 Å². The van der Waals surface area contributed by atoms with Gasteiger partial charge in [0.2, 0.25) is 0 Å². The Hall–Kier alpha value is -2.22. The summed E-state index contributed by atoms with van der Waals surface area (Å²) in [6.45, 7) is 6.42. The van der Waals surface area contributed by atoms with E-state index in [1.165, 1.54) is 6.92 Å². The minimum absolute atomic E-state index is 0.227. The van der Waals surface area contributed by atoms with Gasteiger partial charge in [0.1, 0.15) is 17.1 Å². The summed E-state index contributed by atoms with van der Waals surface area (Å²) in [7, 11) is 0. The van der Waals surface area contributed by atoms with Gasteiger partial charge in [0, 0.05) is 6.07 Å². The molecular weight excluding hydrogens is 252 g/mol. The minimum atomic E-state index is -1.02. The topological polar surface area (TPSA) is 118 Å². The average Bonchev–Trinajstić information content (AvgIpc) is 2.23. The first-order valence-corrected chi connectivity index (χ1v) is 5.50. The lowest BCUT2D eigenvalue weighted by atomic mass is 10.2. The third kappa shape index (κ3) is 4.18. The minimum Gasteiger partial charge on any atom is -0.442 e. The van der Waals surface area contributed by atoms with Crippen molar-refractivity contribution in [2.24, 2.45) is 5.84 Å². The van der Waals surface area contributed by atoms with E-state index in [2.05, 4.69) is 9.97 Å². The van der Waals surface area contributed by atoms with E-state index in [1.807, 2.05) is 0 Å². The molecular formula is C11H16N4O4. The van der Waals surface area contributed by atoms with Crippen LogP contribution < -0.4 is 11.4 Å². The fourth-order valence-electron chi connectivity index (χ4n) is 1.21. The number of nitrogens with zero attached hydrogens (tertiary/aromatic N) is 2. The third-order valence-electron chi connectivity index (χ3n) is 1.89. The SMILES string of the molecule is Cc1nc(C(=O)N(N)C(=O)OC(C)(C)C)cc(=O)[nH]1. The maximum absolute atomic E-state index is 11.9. The lowest BCUT2D eigenvalue weighted by molar-refractivity contribution is 0.0237. The van der Waals surface area contributed by atoms with Crippen molar-refractivity contribution in [2.75, 3.05) is 0 Å². The van der Waals surface area contributed by atoms with Crippen LogP contribution in [0.3, 0.4) is 0 Å². The number of nitrogens with one attached hydrogen (secondary N) is 1. The van der Waals surface area contributed by atoms with Gasteiger partial charge in [-0.1, -0.05) is 0 Å². The van der Waals surface area contributed by atoms with Gasteiger partial charge in [-0.2, -0.15) is 5.01 Å². The van der Waals surface area contributed by atoms with Gasteiger partial charge in [-0.25, -0.2) is 15.6 Å². The lowest BCUT2D eigenvalue weighted by Crippen LogP contribution is -2.46. The number of aromatic amines is 1. The first kappa shape index (κ1) is 14.8. The Kier molecular flexibility index (Phi) is 4.05. The van der Waals surface area contributed by atoms with Gasteiger partial charge in [0.25, 0.3) is 11.5 Å². The van der Waals surface area contributed by atoms with Crippen LogP contribution in [-0.2, 0) is 4.74 Å². The van der Waals surface area contributed by atoms with Gasteiger partial charge in [0.05, 0.1) is 0 Å². The maximum atomic E-state index is 11.9. The van der Waals surface area contributed by atoms with Crippen LogP contribution in [-0.4, -0.2) is 32.6 Å². The molecule has 2 amide bonds. The molecule has 104 valence electrons. The number of amides is 2. The Morgan fingerprint density at radius 3 is 2.47 bits per heavy atom. The zero-order valence-corrected chi connectivity index (χ0v) is 11.2. The van der Waals surface area contributed by atoms with Gasteiger partial charge in [-0.15, -0.1) is 0 Å². The molecule has 0 fully saturated rings. The van der Waals surface area contributed by atoms with Crippen molar-refractivity contribution in [1.29, 1.82) is 0 Å². The van der Waals surface area contributed by atoms with Gasteiger partial charge in [-0.05, 0) is 27.7 Å². The Balaban J connectivity index is 2.94. The number of carbonyl (C=O) groups is 2. The van der Waals surface area contributed by atoms with E-state index >= 15 is 0 Å². The van der Waals surface area contributed by atoms with Crippen molar-refractivity contribution in [3.05, 3.63) is 27.9 Å². The number of aromatic nitrogens is 2. The molecule has 3 N–H and O–H groups in total. The number of nitrogens with two attached hydrogens (primary N) is 1. The van der Waals surface area contributed by atoms with E-state index in [-0.39, 0.29) is 16.5 Å². The highest BCUT2D eigenvalue weighted by Gasteiger charge is 2.26. The molecule has 0 saturated heterocycles. The van der Waals surface area contributed by atoms with Crippen LogP contribution in [0.2, 0.25) is 0 Å². The monoisotopic (exact) mass is 268 g/mol. The van der Waals surface area contributed by atoms with E-state index in [9.17, 15) is 14.4 Å². The summed E-state index contributed by atoms with van der Waals surface area (Å²) >= 11 is 0. The van der Waals surface area contributed by atoms with Crippen molar-refractivity contribution in [3.8, 4) is 0 Å². The quantitative estimate of drug-likeness (QED) is 0.430. The van der Waals surface area contributed by atoms with Crippen LogP contribution in [0.25, 0.3) is 0 Å². The fraction of sp³-hybridized carbons (Fsp3) is 0.455. The molecule has 0 aliphatic carbocycles. The van der Waals surface area contributed by atoms with Crippen LogP contribution in [0.4, 0.5) is 4.79 Å². The molecule has 0 bridgehead atoms. The van der Waals surface area contributed by atoms with E-state index in [4.69, 9.17) is 10.6 Å². The van der Waals surface area contributed by atoms with E-state index in [1.54, 1.807) is 20.8 Å². The average molecular weight is 268 g/mol. The Morgan fingerprint density at radius 2 is 2.00 bits per heavy atom. The highest BCUT2D eigenvalue weighted by molar-refractivity contribution is 6.00. The van der Waals surface area contributed by atoms with Crippen LogP contribution in [0, 0.1) is 6.92 Å². The number of aryl methyl sites for hydroxylation is 1. The zero-order valence-electron chi connectivity index (χ0n) is 11.2. The predicted octanol–water partition coefficient (Wildman–Crippen LogP) is 0.329. The van der Waals surface area contributed by atoms with Crippen LogP contribution in [0.1, 0.15) is 37.1 Å². The second-order valence-electron chi connectivity index (χ2n) is 4.87. The van der Waals surface area contributed by atoms with Crippen molar-refractivity contribution >= 4 is 12.0 Å². The predicted molar refractivity (Wildman–Crippen MR) is 66.2 cm³/mol. The molecule has 0 aliphatic rings. The molecule has 1 aromatic rings. The molecule has 0 spiro atoms. The molecule has 0 radical (unpaired) electrons. The Labute approximate surface area is 109 Å². The Bertz CT molecular complexity index is 559. The fourth-order valence-corrected chi connectivity index (χ4v) is 1.21. The molecule has 1 rings (SSSR count). The molecule has 8 nitrogen and oxygen atoms in total. The van der Waals surface area contributed by atoms with Crippen LogP contribution in [0.15, 0.2) is 10.9 Å². The molecule has 0 unspecified atom stereocenters. The molecule has 1 heterocycles. The molecule has 0 aliphatic heterocycles. The molecule has 19 heavy (non-hydrogen) atoms. The van der Waals surface area contributed by atoms with Crippen molar-refractivity contribution in [1.82, 2.24) is 15.0 Å². The summed E-state index contributed by atoms with van der Waals surface area (Å²) in [6, 6.07) is 0.958. The summed E-state index contributed by atoms with van der Waals surface area (Å²) < 4.78 is 4.93. The summed E-state index contributed by atoms with van der Waals surface area (Å²) in [5, 5.41) is 0.284. The number of hydrogen-bond donors (Lipinski definition) is 2. The molecule has 0 aromatic carbocycles. The number of rotatable bonds is 1. The van der Waals surface area contributed by atoms with Crippen LogP contribution in [0.5, 0.6) is 0 Å². The van der Waals surface area contributed by atoms with Crippen molar-refractivity contribution in [2.45, 2.75) is 33.3 Å². The van der Waals surface area contributed by atoms with Gasteiger partial charge in [0.15, 0.2) is 0 Å². The molecule has 0 atom stereocenters. The summed E-state index contributed by atoms with van der Waals surface area (Å²) in [5.74, 6) is 4.69. The van der Waals surface area contributed by atoms with Gasteiger partial charge >= 0.3 is 6.09 Å². The number of hydrazine groups is 1. The summed E-state index contributed by atoms with van der Waals surface area (Å²) in [4.78, 5) is 40.8. The highest BCUT2D eigenvalue weighted by Crippen LogP contribution is 2.09. The number of carbonyl (C=O) groups excluding carboxylic acids is 2. The van der Waals surface area contributed by atoms with E-state index < -0.39 is 23.2 Å².